The van der Waals surface area contributed by atoms with Gasteiger partial charge in [-0.3, -0.25) is 0 Å². The van der Waals surface area contributed by atoms with Crippen LogP contribution in [-0.2, 0) is 0 Å². The molecule has 1 aliphatic heterocycles. The topological polar surface area (TPSA) is 32.5 Å². The average molecular weight is 296 g/mol. The Morgan fingerprint density at radius 3 is 2.43 bits per heavy atom. The summed E-state index contributed by atoms with van der Waals surface area (Å²) in [5.41, 5.74) is 6.86. The number of hydrogen-bond acceptors (Lipinski definition) is 3. The molecule has 0 radical (unpaired) electrons. The summed E-state index contributed by atoms with van der Waals surface area (Å²) in [4.78, 5) is 5.01. The minimum absolute atomic E-state index is 0.414. The minimum atomic E-state index is 0.414. The monoisotopic (exact) mass is 295 g/mol. The van der Waals surface area contributed by atoms with Crippen molar-refractivity contribution >= 4 is 0 Å². The lowest BCUT2D eigenvalue weighted by atomic mass is 9.67. The van der Waals surface area contributed by atoms with Gasteiger partial charge in [-0.05, 0) is 69.5 Å². The van der Waals surface area contributed by atoms with Crippen LogP contribution in [0.25, 0.3) is 0 Å². The van der Waals surface area contributed by atoms with Crippen LogP contribution >= 0.6 is 0 Å². The average Bonchev–Trinajstić information content (AvgIpc) is 2.76. The van der Waals surface area contributed by atoms with Crippen molar-refractivity contribution in [1.82, 2.24) is 9.80 Å². The van der Waals surface area contributed by atoms with Crippen LogP contribution in [0.4, 0.5) is 0 Å². The van der Waals surface area contributed by atoms with E-state index < -0.39 is 0 Å². The molecule has 4 atom stereocenters. The van der Waals surface area contributed by atoms with Crippen LogP contribution in [-0.4, -0.2) is 56.1 Å². The maximum Gasteiger partial charge on any atom is 0.00795 e. The molecular weight excluding hydrogens is 258 g/mol. The molecule has 1 aliphatic carbocycles. The van der Waals surface area contributed by atoms with Crippen LogP contribution in [0.1, 0.15) is 46.5 Å². The number of likely N-dealkylation sites (tertiary alicyclic amines) is 1. The highest BCUT2D eigenvalue weighted by Crippen LogP contribution is 2.40. The van der Waals surface area contributed by atoms with Gasteiger partial charge in [0.05, 0.1) is 0 Å². The fourth-order valence-corrected chi connectivity index (χ4v) is 4.37. The van der Waals surface area contributed by atoms with Crippen LogP contribution in [0.5, 0.6) is 0 Å². The molecule has 2 aliphatic rings. The zero-order valence-corrected chi connectivity index (χ0v) is 14.9. The van der Waals surface area contributed by atoms with Crippen LogP contribution in [0, 0.1) is 23.2 Å². The predicted octanol–water partition coefficient (Wildman–Crippen LogP) is 2.66. The number of nitrogens with two attached hydrogens (primary N) is 1. The number of rotatable bonds is 4. The van der Waals surface area contributed by atoms with E-state index in [1.807, 2.05) is 0 Å². The van der Waals surface area contributed by atoms with E-state index in [4.69, 9.17) is 5.73 Å². The summed E-state index contributed by atoms with van der Waals surface area (Å²) < 4.78 is 0. The van der Waals surface area contributed by atoms with Crippen LogP contribution in [0.3, 0.4) is 0 Å². The van der Waals surface area contributed by atoms with Crippen molar-refractivity contribution in [3.05, 3.63) is 0 Å². The Hall–Kier alpha value is -0.120. The van der Waals surface area contributed by atoms with Crippen molar-refractivity contribution in [2.45, 2.75) is 52.5 Å². The molecule has 1 saturated heterocycles. The van der Waals surface area contributed by atoms with Gasteiger partial charge in [0.2, 0.25) is 0 Å². The normalized spacial score (nSPS) is 35.6. The first-order valence-electron chi connectivity index (χ1n) is 8.88. The Labute approximate surface area is 132 Å². The van der Waals surface area contributed by atoms with E-state index in [1.165, 1.54) is 51.9 Å². The van der Waals surface area contributed by atoms with E-state index in [0.29, 0.717) is 17.4 Å². The molecule has 124 valence electrons. The molecule has 2 rings (SSSR count). The van der Waals surface area contributed by atoms with Crippen molar-refractivity contribution in [2.75, 3.05) is 40.3 Å². The highest BCUT2D eigenvalue weighted by Gasteiger charge is 2.35. The summed E-state index contributed by atoms with van der Waals surface area (Å²) in [5, 5.41) is 0. The molecule has 0 spiro atoms. The van der Waals surface area contributed by atoms with Crippen LogP contribution in [0.2, 0.25) is 0 Å². The Bertz CT molecular complexity index is 323. The third-order valence-electron chi connectivity index (χ3n) is 5.87. The molecule has 0 aromatic heterocycles. The Kier molecular flexibility index (Phi) is 5.72. The van der Waals surface area contributed by atoms with Crippen molar-refractivity contribution in [2.24, 2.45) is 28.9 Å². The molecule has 1 heterocycles. The summed E-state index contributed by atoms with van der Waals surface area (Å²) in [5.74, 6) is 2.39. The largest absolute Gasteiger partial charge is 0.327 e. The fourth-order valence-electron chi connectivity index (χ4n) is 4.37. The predicted molar refractivity (Wildman–Crippen MR) is 91.4 cm³/mol. The molecule has 0 aromatic carbocycles. The molecule has 0 bridgehead atoms. The second kappa shape index (κ2) is 6.97. The first-order valence-corrected chi connectivity index (χ1v) is 8.88. The Balaban J connectivity index is 1.82. The van der Waals surface area contributed by atoms with Gasteiger partial charge in [0.15, 0.2) is 0 Å². The Morgan fingerprint density at radius 2 is 1.86 bits per heavy atom. The summed E-state index contributed by atoms with van der Waals surface area (Å²) in [6, 6.07) is 0.414. The zero-order chi connectivity index (χ0) is 15.6. The van der Waals surface area contributed by atoms with Crippen molar-refractivity contribution in [1.29, 1.82) is 0 Å². The highest BCUT2D eigenvalue weighted by atomic mass is 15.1. The van der Waals surface area contributed by atoms with Gasteiger partial charge in [-0.25, -0.2) is 0 Å². The molecule has 2 N–H and O–H groups in total. The van der Waals surface area contributed by atoms with E-state index in [9.17, 15) is 0 Å². The lowest BCUT2D eigenvalue weighted by Crippen LogP contribution is -2.45. The standard InChI is InChI=1S/C18H37N3/c1-18(2,3)16-6-7-17(19)15(10-16)13-21(5)12-14-8-9-20(4)11-14/h14-17H,6-13,19H2,1-5H3. The van der Waals surface area contributed by atoms with Gasteiger partial charge < -0.3 is 15.5 Å². The smallest absolute Gasteiger partial charge is 0.00795 e. The van der Waals surface area contributed by atoms with Crippen LogP contribution < -0.4 is 5.73 Å². The molecule has 1 saturated carbocycles. The van der Waals surface area contributed by atoms with Gasteiger partial charge >= 0.3 is 0 Å². The zero-order valence-electron chi connectivity index (χ0n) is 14.9. The SMILES string of the molecule is CN1CCC(CN(C)CC2CC(C(C)(C)C)CCC2N)C1. The van der Waals surface area contributed by atoms with E-state index in [2.05, 4.69) is 44.7 Å². The van der Waals surface area contributed by atoms with Crippen molar-refractivity contribution < 1.29 is 0 Å². The van der Waals surface area contributed by atoms with E-state index in [-0.39, 0.29) is 0 Å². The third-order valence-corrected chi connectivity index (χ3v) is 5.87. The summed E-state index contributed by atoms with van der Waals surface area (Å²) in [6.45, 7) is 12.2. The highest BCUT2D eigenvalue weighted by molar-refractivity contribution is 4.89. The second-order valence-electron chi connectivity index (χ2n) is 8.94. The molecule has 0 aromatic rings. The maximum absolute atomic E-state index is 6.43. The molecule has 3 heteroatoms. The molecular formula is C18H37N3. The van der Waals surface area contributed by atoms with Gasteiger partial charge in [-0.2, -0.15) is 0 Å². The van der Waals surface area contributed by atoms with Gasteiger partial charge in [0.1, 0.15) is 0 Å². The summed E-state index contributed by atoms with van der Waals surface area (Å²) >= 11 is 0. The van der Waals surface area contributed by atoms with Gasteiger partial charge in [0, 0.05) is 25.7 Å². The lowest BCUT2D eigenvalue weighted by Gasteiger charge is -2.42. The summed E-state index contributed by atoms with van der Waals surface area (Å²) in [6.07, 6.45) is 5.21. The number of hydrogen-bond donors (Lipinski definition) is 1. The maximum atomic E-state index is 6.43. The molecule has 3 nitrogen and oxygen atoms in total. The first kappa shape index (κ1) is 17.2. The fraction of sp³-hybridized carbons (Fsp3) is 1.00. The van der Waals surface area contributed by atoms with E-state index in [0.717, 1.165) is 11.8 Å². The molecule has 21 heavy (non-hydrogen) atoms. The third kappa shape index (κ3) is 4.94. The van der Waals surface area contributed by atoms with E-state index in [1.54, 1.807) is 0 Å². The first-order chi connectivity index (χ1) is 9.75. The van der Waals surface area contributed by atoms with Gasteiger partial charge in [-0.15, -0.1) is 0 Å². The van der Waals surface area contributed by atoms with Gasteiger partial charge in [-0.1, -0.05) is 20.8 Å². The molecule has 4 unspecified atom stereocenters. The van der Waals surface area contributed by atoms with Crippen molar-refractivity contribution in [3.8, 4) is 0 Å². The Morgan fingerprint density at radius 1 is 1.14 bits per heavy atom. The lowest BCUT2D eigenvalue weighted by molar-refractivity contribution is 0.102. The van der Waals surface area contributed by atoms with Crippen molar-refractivity contribution in [3.63, 3.8) is 0 Å². The van der Waals surface area contributed by atoms with Gasteiger partial charge in [0.25, 0.3) is 0 Å². The molecule has 2 fully saturated rings. The second-order valence-corrected chi connectivity index (χ2v) is 8.94. The minimum Gasteiger partial charge on any atom is -0.327 e. The quantitative estimate of drug-likeness (QED) is 0.865. The number of nitrogens with zero attached hydrogens (tertiary/aromatic N) is 2. The van der Waals surface area contributed by atoms with Crippen LogP contribution in [0.15, 0.2) is 0 Å². The van der Waals surface area contributed by atoms with E-state index >= 15 is 0 Å². The molecule has 0 amide bonds. The summed E-state index contributed by atoms with van der Waals surface area (Å²) in [7, 11) is 4.54.